The van der Waals surface area contributed by atoms with E-state index in [0.29, 0.717) is 17.2 Å². The SMILES string of the molecule is CCC1CC1NS(=O)(=O)c1cc(N)cc(C)c1Cl. The van der Waals surface area contributed by atoms with Crippen molar-refractivity contribution in [2.75, 3.05) is 5.73 Å². The van der Waals surface area contributed by atoms with Crippen LogP contribution in [0.2, 0.25) is 5.02 Å². The summed E-state index contributed by atoms with van der Waals surface area (Å²) in [6, 6.07) is 3.10. The zero-order chi connectivity index (χ0) is 13.5. The highest BCUT2D eigenvalue weighted by Gasteiger charge is 2.39. The van der Waals surface area contributed by atoms with Gasteiger partial charge in [0.1, 0.15) is 4.90 Å². The van der Waals surface area contributed by atoms with Crippen molar-refractivity contribution in [2.24, 2.45) is 5.92 Å². The molecule has 2 rings (SSSR count). The Morgan fingerprint density at radius 3 is 2.72 bits per heavy atom. The van der Waals surface area contributed by atoms with Gasteiger partial charge in [-0.1, -0.05) is 24.9 Å². The quantitative estimate of drug-likeness (QED) is 0.835. The van der Waals surface area contributed by atoms with E-state index in [1.54, 1.807) is 13.0 Å². The Morgan fingerprint density at radius 1 is 1.50 bits per heavy atom. The number of hydrogen-bond acceptors (Lipinski definition) is 3. The summed E-state index contributed by atoms with van der Waals surface area (Å²) in [6.07, 6.45) is 1.88. The number of rotatable bonds is 4. The Kier molecular flexibility index (Phi) is 3.58. The molecule has 0 heterocycles. The van der Waals surface area contributed by atoms with Crippen molar-refractivity contribution in [1.82, 2.24) is 4.72 Å². The Morgan fingerprint density at radius 2 is 2.17 bits per heavy atom. The van der Waals surface area contributed by atoms with E-state index in [9.17, 15) is 8.42 Å². The number of nitrogens with two attached hydrogens (primary N) is 1. The molecule has 1 saturated carbocycles. The topological polar surface area (TPSA) is 72.2 Å². The second-order valence-corrected chi connectivity index (χ2v) is 6.84. The number of hydrogen-bond donors (Lipinski definition) is 2. The lowest BCUT2D eigenvalue weighted by molar-refractivity contribution is 0.576. The van der Waals surface area contributed by atoms with Gasteiger partial charge < -0.3 is 5.73 Å². The first kappa shape index (κ1) is 13.6. The fourth-order valence-corrected chi connectivity index (χ4v) is 3.98. The summed E-state index contributed by atoms with van der Waals surface area (Å²) in [5, 5.41) is 0.241. The number of nitrogen functional groups attached to an aromatic ring is 1. The molecule has 0 amide bonds. The summed E-state index contributed by atoms with van der Waals surface area (Å²) in [6.45, 7) is 3.79. The van der Waals surface area contributed by atoms with Crippen LogP contribution in [0.1, 0.15) is 25.3 Å². The van der Waals surface area contributed by atoms with Crippen molar-refractivity contribution in [3.63, 3.8) is 0 Å². The van der Waals surface area contributed by atoms with Crippen LogP contribution in [0.3, 0.4) is 0 Å². The van der Waals surface area contributed by atoms with E-state index in [1.165, 1.54) is 6.07 Å². The predicted octanol–water partition coefficient (Wildman–Crippen LogP) is 2.31. The van der Waals surface area contributed by atoms with Crippen LogP contribution in [-0.2, 0) is 10.0 Å². The molecular formula is C12H17ClN2O2S. The van der Waals surface area contributed by atoms with Crippen LogP contribution in [0, 0.1) is 12.8 Å². The van der Waals surface area contributed by atoms with Gasteiger partial charge in [0.15, 0.2) is 0 Å². The van der Waals surface area contributed by atoms with Gasteiger partial charge >= 0.3 is 0 Å². The molecule has 100 valence electrons. The normalized spacial score (nSPS) is 23.1. The highest BCUT2D eigenvalue weighted by Crippen LogP contribution is 2.35. The molecule has 0 saturated heterocycles. The lowest BCUT2D eigenvalue weighted by atomic mass is 10.2. The Balaban J connectivity index is 2.30. The molecule has 1 aromatic carbocycles. The summed E-state index contributed by atoms with van der Waals surface area (Å²) in [5.41, 5.74) is 6.74. The van der Waals surface area contributed by atoms with Crippen LogP contribution in [0.25, 0.3) is 0 Å². The first-order chi connectivity index (χ1) is 8.35. The van der Waals surface area contributed by atoms with Gasteiger partial charge in [-0.2, -0.15) is 0 Å². The van der Waals surface area contributed by atoms with Gasteiger partial charge in [0.2, 0.25) is 10.0 Å². The molecule has 6 heteroatoms. The van der Waals surface area contributed by atoms with E-state index in [-0.39, 0.29) is 16.0 Å². The van der Waals surface area contributed by atoms with Crippen molar-refractivity contribution in [1.29, 1.82) is 0 Å². The number of aryl methyl sites for hydroxylation is 1. The third-order valence-electron chi connectivity index (χ3n) is 3.29. The molecule has 1 aromatic rings. The van der Waals surface area contributed by atoms with Crippen LogP contribution in [-0.4, -0.2) is 14.5 Å². The minimum Gasteiger partial charge on any atom is -0.399 e. The standard InChI is InChI=1S/C12H17ClN2O2S/c1-3-8-5-10(8)15-18(16,17)11-6-9(14)4-7(2)12(11)13/h4,6,8,10,15H,3,5,14H2,1-2H3. The molecule has 0 radical (unpaired) electrons. The minimum absolute atomic E-state index is 0.0396. The molecule has 1 aliphatic rings. The van der Waals surface area contributed by atoms with Gasteiger partial charge in [-0.25, -0.2) is 13.1 Å². The number of nitrogens with one attached hydrogen (secondary N) is 1. The summed E-state index contributed by atoms with van der Waals surface area (Å²) in [7, 11) is -3.58. The van der Waals surface area contributed by atoms with Gasteiger partial charge in [0, 0.05) is 11.7 Å². The van der Waals surface area contributed by atoms with Crippen molar-refractivity contribution >= 4 is 27.3 Å². The first-order valence-electron chi connectivity index (χ1n) is 5.93. The zero-order valence-electron chi connectivity index (χ0n) is 10.4. The third kappa shape index (κ3) is 2.63. The average molecular weight is 289 g/mol. The van der Waals surface area contributed by atoms with Crippen LogP contribution in [0.4, 0.5) is 5.69 Å². The maximum atomic E-state index is 12.2. The molecule has 4 nitrogen and oxygen atoms in total. The fraction of sp³-hybridized carbons (Fsp3) is 0.500. The lowest BCUT2D eigenvalue weighted by Gasteiger charge is -2.10. The third-order valence-corrected chi connectivity index (χ3v) is 5.41. The molecule has 0 bridgehead atoms. The summed E-state index contributed by atoms with van der Waals surface area (Å²) >= 11 is 6.05. The van der Waals surface area contributed by atoms with Crippen LogP contribution in [0.5, 0.6) is 0 Å². The molecule has 2 atom stereocenters. The second kappa shape index (κ2) is 4.72. The fourth-order valence-electron chi connectivity index (χ4n) is 2.07. The molecule has 2 unspecified atom stereocenters. The van der Waals surface area contributed by atoms with Gasteiger partial charge in [0.25, 0.3) is 0 Å². The van der Waals surface area contributed by atoms with E-state index in [4.69, 9.17) is 17.3 Å². The molecule has 3 N–H and O–H groups in total. The van der Waals surface area contributed by atoms with Crippen molar-refractivity contribution in [3.8, 4) is 0 Å². The molecule has 0 aromatic heterocycles. The maximum Gasteiger partial charge on any atom is 0.242 e. The van der Waals surface area contributed by atoms with Crippen molar-refractivity contribution in [2.45, 2.75) is 37.6 Å². The highest BCUT2D eigenvalue weighted by molar-refractivity contribution is 7.89. The maximum absolute atomic E-state index is 12.2. The number of halogens is 1. The minimum atomic E-state index is -3.58. The average Bonchev–Trinajstić information content (AvgIpc) is 3.00. The Hall–Kier alpha value is -0.780. The van der Waals surface area contributed by atoms with Gasteiger partial charge in [-0.3, -0.25) is 0 Å². The largest absolute Gasteiger partial charge is 0.399 e. The van der Waals surface area contributed by atoms with E-state index in [1.807, 2.05) is 0 Å². The lowest BCUT2D eigenvalue weighted by Crippen LogP contribution is -2.27. The van der Waals surface area contributed by atoms with Crippen LogP contribution in [0.15, 0.2) is 17.0 Å². The van der Waals surface area contributed by atoms with E-state index < -0.39 is 10.0 Å². The molecule has 0 aliphatic heterocycles. The zero-order valence-corrected chi connectivity index (χ0v) is 12.0. The van der Waals surface area contributed by atoms with Crippen molar-refractivity contribution in [3.05, 3.63) is 22.7 Å². The molecule has 1 aliphatic carbocycles. The predicted molar refractivity (Wildman–Crippen MR) is 73.1 cm³/mol. The summed E-state index contributed by atoms with van der Waals surface area (Å²) in [5.74, 6) is 0.445. The Labute approximate surface area is 113 Å². The van der Waals surface area contributed by atoms with E-state index in [2.05, 4.69) is 11.6 Å². The molecule has 1 fully saturated rings. The summed E-state index contributed by atoms with van der Waals surface area (Å²) in [4.78, 5) is 0.0726. The molecule has 18 heavy (non-hydrogen) atoms. The van der Waals surface area contributed by atoms with Crippen LogP contribution < -0.4 is 10.5 Å². The highest BCUT2D eigenvalue weighted by atomic mass is 35.5. The second-order valence-electron chi connectivity index (χ2n) is 4.78. The number of benzene rings is 1. The van der Waals surface area contributed by atoms with Crippen LogP contribution >= 0.6 is 11.6 Å². The number of sulfonamides is 1. The Bertz CT molecular complexity index is 572. The smallest absolute Gasteiger partial charge is 0.242 e. The van der Waals surface area contributed by atoms with Gasteiger partial charge in [0.05, 0.1) is 5.02 Å². The van der Waals surface area contributed by atoms with E-state index >= 15 is 0 Å². The number of anilines is 1. The molecule has 0 spiro atoms. The van der Waals surface area contributed by atoms with Crippen molar-refractivity contribution < 1.29 is 8.42 Å². The van der Waals surface area contributed by atoms with E-state index in [0.717, 1.165) is 12.8 Å². The van der Waals surface area contributed by atoms with Gasteiger partial charge in [-0.05, 0) is 37.0 Å². The summed E-state index contributed by atoms with van der Waals surface area (Å²) < 4.78 is 27.1. The first-order valence-corrected chi connectivity index (χ1v) is 7.79. The monoisotopic (exact) mass is 288 g/mol. The molecular weight excluding hydrogens is 272 g/mol. The van der Waals surface area contributed by atoms with Gasteiger partial charge in [-0.15, -0.1) is 0 Å².